The highest BCUT2D eigenvalue weighted by Crippen LogP contribution is 2.20. The number of likely N-dealkylation sites (tertiary alicyclic amines) is 1. The summed E-state index contributed by atoms with van der Waals surface area (Å²) in [5.41, 5.74) is 0.508. The van der Waals surface area contributed by atoms with Gasteiger partial charge in [-0.2, -0.15) is 11.8 Å². The van der Waals surface area contributed by atoms with Crippen LogP contribution in [0.5, 0.6) is 0 Å². The van der Waals surface area contributed by atoms with Crippen LogP contribution in [0.1, 0.15) is 36.0 Å². The van der Waals surface area contributed by atoms with Crippen molar-refractivity contribution in [2.75, 3.05) is 31.1 Å². The summed E-state index contributed by atoms with van der Waals surface area (Å²) in [6, 6.07) is 3.42. The summed E-state index contributed by atoms with van der Waals surface area (Å²) in [6.45, 7) is 1.85. The number of hydrogen-bond donors (Lipinski definition) is 2. The number of piperidine rings is 1. The molecule has 0 spiro atoms. The third kappa shape index (κ3) is 6.67. The first-order chi connectivity index (χ1) is 12.6. The molecule has 142 valence electrons. The lowest BCUT2D eigenvalue weighted by Crippen LogP contribution is -2.38. The Bertz CT molecular complexity index is 606. The van der Waals surface area contributed by atoms with Gasteiger partial charge in [-0.25, -0.2) is 4.79 Å². The van der Waals surface area contributed by atoms with Gasteiger partial charge in [-0.1, -0.05) is 0 Å². The molecule has 8 heteroatoms. The Morgan fingerprint density at radius 3 is 2.69 bits per heavy atom. The standard InChI is InChI=1S/C18H25N3O4S/c22-16(21-8-2-1-3-9-21)11-15(13-26-10-7-20-18(24)25)17(23)14-5-4-6-19-12-14/h4-6,12,15,20H,1-3,7-11,13H2,(H,24,25). The van der Waals surface area contributed by atoms with E-state index in [0.29, 0.717) is 23.6 Å². The van der Waals surface area contributed by atoms with E-state index in [0.717, 1.165) is 32.4 Å². The van der Waals surface area contributed by atoms with Crippen molar-refractivity contribution >= 4 is 29.5 Å². The van der Waals surface area contributed by atoms with Crippen molar-refractivity contribution in [1.29, 1.82) is 0 Å². The van der Waals surface area contributed by atoms with E-state index >= 15 is 0 Å². The van der Waals surface area contributed by atoms with E-state index in [4.69, 9.17) is 5.11 Å². The number of Topliss-reactive ketones (excluding diaryl/α,β-unsaturated/α-hetero) is 1. The number of nitrogens with zero attached hydrogens (tertiary/aromatic N) is 2. The molecule has 1 fully saturated rings. The molecule has 2 amide bonds. The molecule has 1 aliphatic heterocycles. The lowest BCUT2D eigenvalue weighted by molar-refractivity contribution is -0.132. The van der Waals surface area contributed by atoms with E-state index in [1.165, 1.54) is 18.0 Å². The molecule has 1 aromatic heterocycles. The van der Waals surface area contributed by atoms with Gasteiger partial charge in [0, 0.05) is 61.4 Å². The molecule has 1 aliphatic rings. The van der Waals surface area contributed by atoms with Crippen molar-refractivity contribution in [2.45, 2.75) is 25.7 Å². The zero-order valence-electron chi connectivity index (χ0n) is 14.7. The lowest BCUT2D eigenvalue weighted by atomic mass is 9.96. The van der Waals surface area contributed by atoms with Gasteiger partial charge in [-0.15, -0.1) is 0 Å². The zero-order valence-corrected chi connectivity index (χ0v) is 15.5. The molecule has 26 heavy (non-hydrogen) atoms. The number of pyridine rings is 1. The number of aromatic nitrogens is 1. The number of carbonyl (C=O) groups is 3. The number of ketones is 1. The van der Waals surface area contributed by atoms with Crippen LogP contribution in [0, 0.1) is 5.92 Å². The summed E-state index contributed by atoms with van der Waals surface area (Å²) < 4.78 is 0. The van der Waals surface area contributed by atoms with Gasteiger partial charge in [-0.05, 0) is 31.4 Å². The summed E-state index contributed by atoms with van der Waals surface area (Å²) in [7, 11) is 0. The number of hydrogen-bond acceptors (Lipinski definition) is 5. The van der Waals surface area contributed by atoms with Crippen LogP contribution in [-0.4, -0.2) is 63.9 Å². The molecular weight excluding hydrogens is 354 g/mol. The van der Waals surface area contributed by atoms with Crippen LogP contribution in [0.3, 0.4) is 0 Å². The molecule has 2 rings (SSSR count). The van der Waals surface area contributed by atoms with Crippen LogP contribution < -0.4 is 5.32 Å². The minimum atomic E-state index is -1.06. The average Bonchev–Trinajstić information content (AvgIpc) is 2.67. The normalized spacial score (nSPS) is 15.3. The van der Waals surface area contributed by atoms with Crippen LogP contribution in [0.15, 0.2) is 24.5 Å². The molecule has 0 radical (unpaired) electrons. The minimum Gasteiger partial charge on any atom is -0.465 e. The molecule has 1 aromatic rings. The van der Waals surface area contributed by atoms with Crippen LogP contribution in [0.25, 0.3) is 0 Å². The predicted molar refractivity (Wildman–Crippen MR) is 100 cm³/mol. The van der Waals surface area contributed by atoms with Crippen molar-refractivity contribution in [2.24, 2.45) is 5.92 Å². The molecule has 1 unspecified atom stereocenters. The number of nitrogens with one attached hydrogen (secondary N) is 1. The maximum atomic E-state index is 12.8. The second-order valence-corrected chi connectivity index (χ2v) is 7.41. The SMILES string of the molecule is O=C(O)NCCSCC(CC(=O)N1CCCCC1)C(=O)c1cccnc1. The van der Waals surface area contributed by atoms with Crippen LogP contribution in [0.2, 0.25) is 0 Å². The fourth-order valence-corrected chi connectivity index (χ4v) is 3.88. The smallest absolute Gasteiger partial charge is 0.404 e. The number of rotatable bonds is 9. The molecule has 1 atom stereocenters. The highest BCUT2D eigenvalue weighted by atomic mass is 32.2. The van der Waals surface area contributed by atoms with E-state index < -0.39 is 12.0 Å². The largest absolute Gasteiger partial charge is 0.465 e. The van der Waals surface area contributed by atoms with Gasteiger partial charge in [-0.3, -0.25) is 14.6 Å². The molecule has 0 aliphatic carbocycles. The quantitative estimate of drug-likeness (QED) is 0.504. The molecule has 0 saturated carbocycles. The fraction of sp³-hybridized carbons (Fsp3) is 0.556. The Balaban J connectivity index is 1.94. The van der Waals surface area contributed by atoms with Crippen LogP contribution in [-0.2, 0) is 4.79 Å². The Kier molecular flexibility index (Phi) is 8.40. The summed E-state index contributed by atoms with van der Waals surface area (Å²) >= 11 is 1.48. The Morgan fingerprint density at radius 1 is 1.27 bits per heavy atom. The van der Waals surface area contributed by atoms with E-state index in [9.17, 15) is 14.4 Å². The van der Waals surface area contributed by atoms with Crippen molar-refractivity contribution in [3.05, 3.63) is 30.1 Å². The van der Waals surface area contributed by atoms with Gasteiger partial charge in [0.25, 0.3) is 0 Å². The molecule has 2 N–H and O–H groups in total. The van der Waals surface area contributed by atoms with Crippen LogP contribution in [0.4, 0.5) is 4.79 Å². The molecular formula is C18H25N3O4S. The van der Waals surface area contributed by atoms with Gasteiger partial charge in [0.15, 0.2) is 5.78 Å². The Labute approximate surface area is 157 Å². The maximum Gasteiger partial charge on any atom is 0.404 e. The number of thioether (sulfide) groups is 1. The van der Waals surface area contributed by atoms with E-state index in [2.05, 4.69) is 10.3 Å². The average molecular weight is 379 g/mol. The Morgan fingerprint density at radius 2 is 2.04 bits per heavy atom. The van der Waals surface area contributed by atoms with Crippen molar-refractivity contribution in [3.63, 3.8) is 0 Å². The van der Waals surface area contributed by atoms with E-state index in [-0.39, 0.29) is 18.1 Å². The number of carbonyl (C=O) groups excluding carboxylic acids is 2. The van der Waals surface area contributed by atoms with Gasteiger partial charge < -0.3 is 15.3 Å². The molecule has 7 nitrogen and oxygen atoms in total. The second kappa shape index (κ2) is 10.8. The third-order valence-corrected chi connectivity index (χ3v) is 5.42. The summed E-state index contributed by atoms with van der Waals surface area (Å²) in [5, 5.41) is 10.9. The van der Waals surface area contributed by atoms with Crippen molar-refractivity contribution < 1.29 is 19.5 Å². The third-order valence-electron chi connectivity index (χ3n) is 4.29. The number of carboxylic acid groups (broad SMARTS) is 1. The predicted octanol–water partition coefficient (Wildman–Crippen LogP) is 2.28. The molecule has 0 aromatic carbocycles. The Hall–Kier alpha value is -2.09. The molecule has 1 saturated heterocycles. The first kappa shape index (κ1) is 20.2. The van der Waals surface area contributed by atoms with Crippen LogP contribution >= 0.6 is 11.8 Å². The lowest BCUT2D eigenvalue weighted by Gasteiger charge is -2.28. The van der Waals surface area contributed by atoms with E-state index in [1.807, 2.05) is 4.90 Å². The second-order valence-electron chi connectivity index (χ2n) is 6.26. The molecule has 2 heterocycles. The molecule has 0 bridgehead atoms. The van der Waals surface area contributed by atoms with Gasteiger partial charge in [0.05, 0.1) is 0 Å². The van der Waals surface area contributed by atoms with Gasteiger partial charge >= 0.3 is 6.09 Å². The van der Waals surface area contributed by atoms with Crippen molar-refractivity contribution in [3.8, 4) is 0 Å². The first-order valence-electron chi connectivity index (χ1n) is 8.84. The monoisotopic (exact) mass is 379 g/mol. The number of amides is 2. The highest BCUT2D eigenvalue weighted by Gasteiger charge is 2.26. The highest BCUT2D eigenvalue weighted by molar-refractivity contribution is 7.99. The zero-order chi connectivity index (χ0) is 18.8. The van der Waals surface area contributed by atoms with E-state index in [1.54, 1.807) is 18.3 Å². The summed E-state index contributed by atoms with van der Waals surface area (Å²) in [4.78, 5) is 41.7. The topological polar surface area (TPSA) is 99.6 Å². The first-order valence-corrected chi connectivity index (χ1v) is 10.00. The minimum absolute atomic E-state index is 0.0243. The van der Waals surface area contributed by atoms with Gasteiger partial charge in [0.1, 0.15) is 0 Å². The van der Waals surface area contributed by atoms with Crippen molar-refractivity contribution in [1.82, 2.24) is 15.2 Å². The maximum absolute atomic E-state index is 12.8. The van der Waals surface area contributed by atoms with Gasteiger partial charge in [0.2, 0.25) is 5.91 Å². The summed E-state index contributed by atoms with van der Waals surface area (Å²) in [5.74, 6) is 0.553. The fourth-order valence-electron chi connectivity index (χ4n) is 2.91. The summed E-state index contributed by atoms with van der Waals surface area (Å²) in [6.07, 6.45) is 5.44.